The molecular weight excluding hydrogens is 190 g/mol. The first-order chi connectivity index (χ1) is 7.18. The Bertz CT molecular complexity index is 400. The second-order valence-corrected chi connectivity index (χ2v) is 3.63. The van der Waals surface area contributed by atoms with Crippen molar-refractivity contribution < 1.29 is 4.79 Å². The molecule has 0 bridgehead atoms. The minimum absolute atomic E-state index is 0.0312. The molecule has 15 heavy (non-hydrogen) atoms. The van der Waals surface area contributed by atoms with Crippen LogP contribution in [0.3, 0.4) is 0 Å². The number of amidine groups is 1. The van der Waals surface area contributed by atoms with Gasteiger partial charge in [-0.3, -0.25) is 4.79 Å². The van der Waals surface area contributed by atoms with E-state index in [1.807, 2.05) is 30.3 Å². The van der Waals surface area contributed by atoms with Crippen LogP contribution in [-0.4, -0.2) is 16.8 Å². The number of hydrogen-bond acceptors (Lipinski definition) is 3. The molecule has 1 atom stereocenters. The van der Waals surface area contributed by atoms with Crippen LogP contribution in [0.4, 0.5) is 0 Å². The lowest BCUT2D eigenvalue weighted by molar-refractivity contribution is -0.131. The predicted molar refractivity (Wildman–Crippen MR) is 57.8 cm³/mol. The van der Waals surface area contributed by atoms with Crippen LogP contribution in [0, 0.1) is 5.92 Å². The molecule has 2 N–H and O–H groups in total. The summed E-state index contributed by atoms with van der Waals surface area (Å²) in [5.41, 5.74) is 6.65. The highest BCUT2D eigenvalue weighted by Gasteiger charge is 2.30. The molecule has 0 aromatic heterocycles. The Morgan fingerprint density at radius 1 is 1.40 bits per heavy atom. The van der Waals surface area contributed by atoms with Crippen molar-refractivity contribution in [3.05, 3.63) is 35.9 Å². The van der Waals surface area contributed by atoms with Crippen molar-refractivity contribution in [1.82, 2.24) is 5.01 Å². The Kier molecular flexibility index (Phi) is 2.41. The molecule has 2 rings (SSSR count). The fraction of sp³-hybridized carbons (Fsp3) is 0.273. The second-order valence-electron chi connectivity index (χ2n) is 3.63. The van der Waals surface area contributed by atoms with Crippen LogP contribution < -0.4 is 5.73 Å². The average molecular weight is 203 g/mol. The van der Waals surface area contributed by atoms with Crippen LogP contribution in [0.15, 0.2) is 35.4 Å². The van der Waals surface area contributed by atoms with Gasteiger partial charge in [-0.15, -0.1) is 0 Å². The first-order valence-corrected chi connectivity index (χ1v) is 4.88. The van der Waals surface area contributed by atoms with E-state index in [0.29, 0.717) is 12.4 Å². The van der Waals surface area contributed by atoms with E-state index in [-0.39, 0.29) is 11.8 Å². The van der Waals surface area contributed by atoms with Gasteiger partial charge < -0.3 is 5.73 Å². The van der Waals surface area contributed by atoms with Gasteiger partial charge in [-0.25, -0.2) is 5.01 Å². The minimum Gasteiger partial charge on any atom is -0.385 e. The molecule has 1 amide bonds. The standard InChI is InChI=1S/C11H13N3O/c1-8-10(12)13-14(11(8)15)7-9-5-3-2-4-6-9/h2-6,8H,7H2,1H3,(H2,12,13). The third kappa shape index (κ3) is 1.83. The summed E-state index contributed by atoms with van der Waals surface area (Å²) < 4.78 is 0. The SMILES string of the molecule is CC1C(=O)N(Cc2ccccc2)N=C1N. The maximum Gasteiger partial charge on any atom is 0.253 e. The molecule has 0 fully saturated rings. The molecule has 4 nitrogen and oxygen atoms in total. The van der Waals surface area contributed by atoms with Gasteiger partial charge in [0.1, 0.15) is 5.84 Å². The summed E-state index contributed by atoms with van der Waals surface area (Å²) in [4.78, 5) is 11.7. The molecule has 0 spiro atoms. The molecule has 0 radical (unpaired) electrons. The molecule has 0 saturated carbocycles. The van der Waals surface area contributed by atoms with Crippen LogP contribution in [0.2, 0.25) is 0 Å². The molecule has 1 unspecified atom stereocenters. The molecule has 78 valence electrons. The van der Waals surface area contributed by atoms with Gasteiger partial charge in [-0.2, -0.15) is 5.10 Å². The van der Waals surface area contributed by atoms with Crippen molar-refractivity contribution in [2.24, 2.45) is 16.8 Å². The van der Waals surface area contributed by atoms with E-state index in [1.165, 1.54) is 5.01 Å². The number of rotatable bonds is 2. The lowest BCUT2D eigenvalue weighted by Gasteiger charge is -2.12. The molecule has 1 heterocycles. The first-order valence-electron chi connectivity index (χ1n) is 4.88. The fourth-order valence-electron chi connectivity index (χ4n) is 1.49. The van der Waals surface area contributed by atoms with Crippen LogP contribution in [0.25, 0.3) is 0 Å². The Morgan fingerprint density at radius 2 is 2.07 bits per heavy atom. The minimum atomic E-state index is -0.284. The molecule has 1 aliphatic rings. The van der Waals surface area contributed by atoms with Gasteiger partial charge in [-0.05, 0) is 12.5 Å². The predicted octanol–water partition coefficient (Wildman–Crippen LogP) is 0.937. The highest BCUT2D eigenvalue weighted by atomic mass is 16.2. The van der Waals surface area contributed by atoms with E-state index in [9.17, 15) is 4.79 Å². The summed E-state index contributed by atoms with van der Waals surface area (Å²) >= 11 is 0. The molecule has 1 aliphatic heterocycles. The normalized spacial score (nSPS) is 20.6. The zero-order chi connectivity index (χ0) is 10.8. The molecule has 4 heteroatoms. The lowest BCUT2D eigenvalue weighted by atomic mass is 10.1. The van der Waals surface area contributed by atoms with Crippen LogP contribution in [-0.2, 0) is 11.3 Å². The largest absolute Gasteiger partial charge is 0.385 e. The van der Waals surface area contributed by atoms with Gasteiger partial charge in [0.05, 0.1) is 12.5 Å². The number of hydrogen-bond donors (Lipinski definition) is 1. The number of hydrazone groups is 1. The van der Waals surface area contributed by atoms with Crippen molar-refractivity contribution in [2.75, 3.05) is 0 Å². The quantitative estimate of drug-likeness (QED) is 0.777. The summed E-state index contributed by atoms with van der Waals surface area (Å²) in [6.45, 7) is 2.26. The summed E-state index contributed by atoms with van der Waals surface area (Å²) in [7, 11) is 0. The van der Waals surface area contributed by atoms with Gasteiger partial charge in [-0.1, -0.05) is 30.3 Å². The Hall–Kier alpha value is -1.84. The number of nitrogens with two attached hydrogens (primary N) is 1. The molecule has 1 aromatic rings. The van der Waals surface area contributed by atoms with Crippen molar-refractivity contribution in [3.63, 3.8) is 0 Å². The van der Waals surface area contributed by atoms with Crippen LogP contribution >= 0.6 is 0 Å². The Morgan fingerprint density at radius 3 is 2.60 bits per heavy atom. The Balaban J connectivity index is 2.12. The maximum absolute atomic E-state index is 11.7. The van der Waals surface area contributed by atoms with Crippen molar-refractivity contribution in [2.45, 2.75) is 13.5 Å². The van der Waals surface area contributed by atoms with Crippen molar-refractivity contribution in [3.8, 4) is 0 Å². The molecule has 1 aromatic carbocycles. The topological polar surface area (TPSA) is 58.7 Å². The average Bonchev–Trinajstić information content (AvgIpc) is 2.48. The van der Waals surface area contributed by atoms with E-state index >= 15 is 0 Å². The monoisotopic (exact) mass is 203 g/mol. The second kappa shape index (κ2) is 3.73. The third-order valence-corrected chi connectivity index (χ3v) is 2.48. The number of carbonyl (C=O) groups is 1. The summed E-state index contributed by atoms with van der Waals surface area (Å²) in [5.74, 6) is 0.0843. The maximum atomic E-state index is 11.7. The van der Waals surface area contributed by atoms with Gasteiger partial charge >= 0.3 is 0 Å². The van der Waals surface area contributed by atoms with Crippen molar-refractivity contribution in [1.29, 1.82) is 0 Å². The molecule has 0 aliphatic carbocycles. The lowest BCUT2D eigenvalue weighted by Crippen LogP contribution is -2.27. The third-order valence-electron chi connectivity index (χ3n) is 2.48. The fourth-order valence-corrected chi connectivity index (χ4v) is 1.49. The van der Waals surface area contributed by atoms with E-state index in [4.69, 9.17) is 5.73 Å². The van der Waals surface area contributed by atoms with Gasteiger partial charge in [0.25, 0.3) is 5.91 Å². The smallest absolute Gasteiger partial charge is 0.253 e. The van der Waals surface area contributed by atoms with E-state index in [2.05, 4.69) is 5.10 Å². The zero-order valence-electron chi connectivity index (χ0n) is 8.55. The zero-order valence-corrected chi connectivity index (χ0v) is 8.55. The van der Waals surface area contributed by atoms with E-state index < -0.39 is 0 Å². The van der Waals surface area contributed by atoms with E-state index in [0.717, 1.165) is 5.56 Å². The first kappa shape index (κ1) is 9.71. The molecular formula is C11H13N3O. The summed E-state index contributed by atoms with van der Waals surface area (Å²) in [5, 5.41) is 5.45. The summed E-state index contributed by atoms with van der Waals surface area (Å²) in [6.07, 6.45) is 0. The van der Waals surface area contributed by atoms with Crippen LogP contribution in [0.5, 0.6) is 0 Å². The number of carbonyl (C=O) groups excluding carboxylic acids is 1. The summed E-state index contributed by atoms with van der Waals surface area (Å²) in [6, 6.07) is 9.73. The van der Waals surface area contributed by atoms with Crippen LogP contribution in [0.1, 0.15) is 12.5 Å². The van der Waals surface area contributed by atoms with Gasteiger partial charge in [0.15, 0.2) is 0 Å². The van der Waals surface area contributed by atoms with E-state index in [1.54, 1.807) is 6.92 Å². The highest BCUT2D eigenvalue weighted by molar-refractivity contribution is 6.05. The highest BCUT2D eigenvalue weighted by Crippen LogP contribution is 2.15. The van der Waals surface area contributed by atoms with Crippen molar-refractivity contribution >= 4 is 11.7 Å². The van der Waals surface area contributed by atoms with Gasteiger partial charge in [0, 0.05) is 0 Å². The number of nitrogens with zero attached hydrogens (tertiary/aromatic N) is 2. The van der Waals surface area contributed by atoms with Gasteiger partial charge in [0.2, 0.25) is 0 Å². The number of amides is 1. The number of benzene rings is 1. The molecule has 0 saturated heterocycles. The Labute approximate surface area is 88.4 Å².